The molecule has 20 heavy (non-hydrogen) atoms. The van der Waals surface area contributed by atoms with E-state index in [-0.39, 0.29) is 4.90 Å². The predicted octanol–water partition coefficient (Wildman–Crippen LogP) is 1.74. The molecule has 0 amide bonds. The van der Waals surface area contributed by atoms with E-state index in [4.69, 9.17) is 9.47 Å². The summed E-state index contributed by atoms with van der Waals surface area (Å²) in [5.74, 6) is 1.08. The molecule has 0 bridgehead atoms. The zero-order valence-corrected chi connectivity index (χ0v) is 12.5. The Bertz CT molecular complexity index is 730. The summed E-state index contributed by atoms with van der Waals surface area (Å²) in [6.45, 7) is 0.905. The quantitative estimate of drug-likeness (QED) is 0.870. The van der Waals surface area contributed by atoms with Crippen LogP contribution in [0.4, 0.5) is 5.69 Å². The fourth-order valence-electron chi connectivity index (χ4n) is 1.73. The first-order valence-electron chi connectivity index (χ1n) is 5.67. The maximum absolute atomic E-state index is 12.1. The van der Waals surface area contributed by atoms with Gasteiger partial charge in [-0.2, -0.15) is 5.10 Å². The number of aromatic amines is 1. The lowest BCUT2D eigenvalue weighted by Gasteiger charge is -2.20. The Labute approximate surface area is 123 Å². The van der Waals surface area contributed by atoms with Crippen molar-refractivity contribution < 1.29 is 17.9 Å². The maximum atomic E-state index is 12.1. The van der Waals surface area contributed by atoms with Crippen LogP contribution in [-0.2, 0) is 10.0 Å². The Kier molecular flexibility index (Phi) is 3.30. The molecule has 2 heterocycles. The van der Waals surface area contributed by atoms with Gasteiger partial charge in [-0.1, -0.05) is 0 Å². The standard InChI is InChI=1S/C11H10BrN3O4S/c12-8-3-10-11(19-2-1-18-10)4-9(8)15-20(16,17)7-5-13-14-6-7/h3-6,15H,1-2H2,(H,13,14). The van der Waals surface area contributed by atoms with Crippen molar-refractivity contribution in [2.45, 2.75) is 4.90 Å². The summed E-state index contributed by atoms with van der Waals surface area (Å²) < 4.78 is 38.1. The Hall–Kier alpha value is -1.74. The van der Waals surface area contributed by atoms with Crippen LogP contribution in [0.1, 0.15) is 0 Å². The molecule has 0 radical (unpaired) electrons. The lowest BCUT2D eigenvalue weighted by molar-refractivity contribution is 0.171. The number of aromatic nitrogens is 2. The summed E-state index contributed by atoms with van der Waals surface area (Å²) in [5.41, 5.74) is 0.371. The van der Waals surface area contributed by atoms with Gasteiger partial charge in [0, 0.05) is 22.8 Å². The molecular weight excluding hydrogens is 350 g/mol. The maximum Gasteiger partial charge on any atom is 0.265 e. The van der Waals surface area contributed by atoms with Crippen molar-refractivity contribution in [3.8, 4) is 11.5 Å². The number of fused-ring (bicyclic) bond motifs is 1. The molecule has 7 nitrogen and oxygen atoms in total. The summed E-state index contributed by atoms with van der Waals surface area (Å²) in [6.07, 6.45) is 2.53. The number of H-pyrrole nitrogens is 1. The Morgan fingerprint density at radius 3 is 2.60 bits per heavy atom. The highest BCUT2D eigenvalue weighted by atomic mass is 79.9. The van der Waals surface area contributed by atoms with Crippen LogP contribution in [0.5, 0.6) is 11.5 Å². The molecule has 106 valence electrons. The van der Waals surface area contributed by atoms with E-state index in [1.165, 1.54) is 12.4 Å². The van der Waals surface area contributed by atoms with E-state index >= 15 is 0 Å². The third-order valence-corrected chi connectivity index (χ3v) is 4.65. The van der Waals surface area contributed by atoms with Crippen molar-refractivity contribution in [2.24, 2.45) is 0 Å². The molecule has 0 atom stereocenters. The number of benzene rings is 1. The lowest BCUT2D eigenvalue weighted by Crippen LogP contribution is -2.17. The van der Waals surface area contributed by atoms with Crippen molar-refractivity contribution in [1.29, 1.82) is 0 Å². The third kappa shape index (κ3) is 2.46. The number of sulfonamides is 1. The van der Waals surface area contributed by atoms with Gasteiger partial charge in [-0.25, -0.2) is 8.42 Å². The summed E-state index contributed by atoms with van der Waals surface area (Å²) >= 11 is 3.31. The first-order valence-corrected chi connectivity index (χ1v) is 7.94. The SMILES string of the molecule is O=S(=O)(Nc1cc2c(cc1Br)OCCO2)c1cn[nH]c1. The van der Waals surface area contributed by atoms with Crippen LogP contribution in [0.3, 0.4) is 0 Å². The number of rotatable bonds is 3. The normalized spacial score (nSPS) is 14.1. The predicted molar refractivity (Wildman–Crippen MR) is 74.5 cm³/mol. The number of ether oxygens (including phenoxy) is 2. The van der Waals surface area contributed by atoms with Gasteiger partial charge in [-0.3, -0.25) is 9.82 Å². The highest BCUT2D eigenvalue weighted by Crippen LogP contribution is 2.38. The number of anilines is 1. The minimum atomic E-state index is -3.69. The molecule has 2 N–H and O–H groups in total. The highest BCUT2D eigenvalue weighted by molar-refractivity contribution is 9.10. The minimum absolute atomic E-state index is 0.0549. The molecular formula is C11H10BrN3O4S. The van der Waals surface area contributed by atoms with Gasteiger partial charge in [-0.05, 0) is 15.9 Å². The van der Waals surface area contributed by atoms with Gasteiger partial charge in [0.15, 0.2) is 11.5 Å². The van der Waals surface area contributed by atoms with Crippen LogP contribution < -0.4 is 14.2 Å². The second-order valence-electron chi connectivity index (χ2n) is 4.02. The molecule has 0 saturated heterocycles. The minimum Gasteiger partial charge on any atom is -0.486 e. The van der Waals surface area contributed by atoms with Crippen LogP contribution in [0.25, 0.3) is 0 Å². The van der Waals surface area contributed by atoms with Crippen molar-refractivity contribution in [1.82, 2.24) is 10.2 Å². The zero-order chi connectivity index (χ0) is 14.2. The molecule has 3 rings (SSSR count). The molecule has 1 aromatic heterocycles. The average molecular weight is 360 g/mol. The fraction of sp³-hybridized carbons (Fsp3) is 0.182. The molecule has 0 aliphatic carbocycles. The van der Waals surface area contributed by atoms with Gasteiger partial charge >= 0.3 is 0 Å². The Balaban J connectivity index is 1.95. The topological polar surface area (TPSA) is 93.3 Å². The van der Waals surface area contributed by atoms with E-state index in [2.05, 4.69) is 30.8 Å². The van der Waals surface area contributed by atoms with Gasteiger partial charge < -0.3 is 9.47 Å². The first-order chi connectivity index (χ1) is 9.56. The summed E-state index contributed by atoms with van der Waals surface area (Å²) in [7, 11) is -3.69. The second-order valence-corrected chi connectivity index (χ2v) is 6.55. The van der Waals surface area contributed by atoms with E-state index in [1.54, 1.807) is 12.1 Å². The molecule has 1 aromatic carbocycles. The van der Waals surface area contributed by atoms with Gasteiger partial charge in [0.1, 0.15) is 18.1 Å². The molecule has 0 saturated carbocycles. The van der Waals surface area contributed by atoms with E-state index in [0.29, 0.717) is 34.9 Å². The van der Waals surface area contributed by atoms with Crippen molar-refractivity contribution in [3.05, 3.63) is 29.0 Å². The van der Waals surface area contributed by atoms with Crippen molar-refractivity contribution in [3.63, 3.8) is 0 Å². The van der Waals surface area contributed by atoms with Gasteiger partial charge in [0.25, 0.3) is 10.0 Å². The fourth-order valence-corrected chi connectivity index (χ4v) is 3.26. The van der Waals surface area contributed by atoms with E-state index in [0.717, 1.165) is 0 Å². The van der Waals surface area contributed by atoms with Crippen LogP contribution in [0.15, 0.2) is 33.9 Å². The number of nitrogens with one attached hydrogen (secondary N) is 2. The average Bonchev–Trinajstić information content (AvgIpc) is 2.94. The van der Waals surface area contributed by atoms with Crippen molar-refractivity contribution >= 4 is 31.6 Å². The summed E-state index contributed by atoms with van der Waals surface area (Å²) in [6, 6.07) is 3.25. The molecule has 1 aliphatic heterocycles. The smallest absolute Gasteiger partial charge is 0.265 e. The molecule has 0 unspecified atom stereocenters. The van der Waals surface area contributed by atoms with E-state index in [9.17, 15) is 8.42 Å². The van der Waals surface area contributed by atoms with Crippen LogP contribution >= 0.6 is 15.9 Å². The zero-order valence-electron chi connectivity index (χ0n) is 10.1. The Morgan fingerprint density at radius 1 is 1.25 bits per heavy atom. The van der Waals surface area contributed by atoms with Gasteiger partial charge in [-0.15, -0.1) is 0 Å². The van der Waals surface area contributed by atoms with Crippen molar-refractivity contribution in [2.75, 3.05) is 17.9 Å². The van der Waals surface area contributed by atoms with Gasteiger partial charge in [0.05, 0.1) is 11.9 Å². The molecule has 0 spiro atoms. The monoisotopic (exact) mass is 359 g/mol. The number of nitrogens with zero attached hydrogens (tertiary/aromatic N) is 1. The third-order valence-electron chi connectivity index (χ3n) is 2.66. The second kappa shape index (κ2) is 4.98. The molecule has 9 heteroatoms. The Morgan fingerprint density at radius 2 is 1.95 bits per heavy atom. The van der Waals surface area contributed by atoms with Crippen LogP contribution in [0, 0.1) is 0 Å². The molecule has 0 fully saturated rings. The molecule has 1 aliphatic rings. The van der Waals surface area contributed by atoms with Gasteiger partial charge in [0.2, 0.25) is 0 Å². The first kappa shape index (κ1) is 13.3. The van der Waals surface area contributed by atoms with Crippen LogP contribution in [-0.4, -0.2) is 31.8 Å². The number of hydrogen-bond donors (Lipinski definition) is 2. The van der Waals surface area contributed by atoms with Crippen LogP contribution in [0.2, 0.25) is 0 Å². The number of hydrogen-bond acceptors (Lipinski definition) is 5. The largest absolute Gasteiger partial charge is 0.486 e. The van der Waals surface area contributed by atoms with E-state index in [1.807, 2.05) is 0 Å². The summed E-state index contributed by atoms with van der Waals surface area (Å²) in [5, 5.41) is 6.08. The number of halogens is 1. The summed E-state index contributed by atoms with van der Waals surface area (Å²) in [4.78, 5) is 0.0549. The molecule has 2 aromatic rings. The highest BCUT2D eigenvalue weighted by Gasteiger charge is 2.20. The van der Waals surface area contributed by atoms with E-state index < -0.39 is 10.0 Å². The lowest BCUT2D eigenvalue weighted by atomic mass is 10.2.